The molecule has 26 heavy (non-hydrogen) atoms. The number of rotatable bonds is 6. The number of carbonyl (C=O) groups is 1. The second-order valence-electron chi connectivity index (χ2n) is 5.10. The maximum absolute atomic E-state index is 12.4. The van der Waals surface area contributed by atoms with Crippen LogP contribution in [-0.2, 0) is 5.75 Å². The van der Waals surface area contributed by atoms with E-state index in [-0.39, 0.29) is 5.91 Å². The van der Waals surface area contributed by atoms with Gasteiger partial charge in [-0.3, -0.25) is 10.1 Å². The van der Waals surface area contributed by atoms with Crippen molar-refractivity contribution in [3.05, 3.63) is 63.8 Å². The molecule has 4 aromatic rings. The summed E-state index contributed by atoms with van der Waals surface area (Å²) in [6, 6.07) is 13.9. The van der Waals surface area contributed by atoms with Crippen LogP contribution in [0, 0.1) is 0 Å². The van der Waals surface area contributed by atoms with Gasteiger partial charge in [0, 0.05) is 21.6 Å². The van der Waals surface area contributed by atoms with Crippen LogP contribution in [0.3, 0.4) is 0 Å². The molecule has 4 rings (SSSR count). The summed E-state index contributed by atoms with van der Waals surface area (Å²) in [6.07, 6.45) is 0. The van der Waals surface area contributed by atoms with E-state index in [1.54, 1.807) is 28.5 Å². The summed E-state index contributed by atoms with van der Waals surface area (Å²) < 4.78 is 0.831. The lowest BCUT2D eigenvalue weighted by atomic mass is 10.2. The lowest BCUT2D eigenvalue weighted by molar-refractivity contribution is 0.102. The summed E-state index contributed by atoms with van der Waals surface area (Å²) in [6.45, 7) is 0. The zero-order valence-corrected chi connectivity index (χ0v) is 16.6. The van der Waals surface area contributed by atoms with E-state index in [4.69, 9.17) is 0 Å². The average molecular weight is 417 g/mol. The first-order valence-electron chi connectivity index (χ1n) is 7.59. The fourth-order valence-corrected chi connectivity index (χ4v) is 5.43. The quantitative estimate of drug-likeness (QED) is 0.343. The van der Waals surface area contributed by atoms with Crippen molar-refractivity contribution in [1.82, 2.24) is 15.2 Å². The van der Waals surface area contributed by atoms with Gasteiger partial charge in [0.15, 0.2) is 4.34 Å². The van der Waals surface area contributed by atoms with Gasteiger partial charge in [0.05, 0.1) is 0 Å². The average Bonchev–Trinajstić information content (AvgIpc) is 3.42. The number of thiophene rings is 1. The second kappa shape index (κ2) is 8.09. The van der Waals surface area contributed by atoms with Crippen LogP contribution in [0.15, 0.2) is 57.6 Å². The van der Waals surface area contributed by atoms with Gasteiger partial charge in [0.25, 0.3) is 5.91 Å². The highest BCUT2D eigenvalue weighted by Gasteiger charge is 2.14. The molecule has 5 nitrogen and oxygen atoms in total. The van der Waals surface area contributed by atoms with Gasteiger partial charge in [-0.05, 0) is 11.4 Å². The van der Waals surface area contributed by atoms with E-state index in [1.807, 2.05) is 36.4 Å². The zero-order chi connectivity index (χ0) is 17.8. The smallest absolute Gasteiger partial charge is 0.276 e. The summed E-state index contributed by atoms with van der Waals surface area (Å²) in [5.41, 5.74) is 1.39. The number of thioether (sulfide) groups is 1. The van der Waals surface area contributed by atoms with Gasteiger partial charge in [0.2, 0.25) is 5.13 Å². The number of aromatic nitrogens is 3. The van der Waals surface area contributed by atoms with Gasteiger partial charge < -0.3 is 0 Å². The van der Waals surface area contributed by atoms with Crippen molar-refractivity contribution in [2.45, 2.75) is 10.1 Å². The Kier molecular flexibility index (Phi) is 5.40. The molecule has 3 aromatic heterocycles. The van der Waals surface area contributed by atoms with E-state index in [2.05, 4.69) is 31.9 Å². The number of nitrogens with one attached hydrogen (secondary N) is 1. The largest absolute Gasteiger partial charge is 0.295 e. The third-order valence-corrected chi connectivity index (χ3v) is 7.27. The fraction of sp³-hybridized carbons (Fsp3) is 0.0588. The molecule has 1 amide bonds. The Morgan fingerprint density at radius 2 is 1.96 bits per heavy atom. The van der Waals surface area contributed by atoms with Crippen molar-refractivity contribution in [1.29, 1.82) is 0 Å². The Balaban J connectivity index is 1.38. The van der Waals surface area contributed by atoms with Gasteiger partial charge in [-0.15, -0.1) is 32.9 Å². The first-order valence-corrected chi connectivity index (χ1v) is 11.1. The molecule has 0 spiro atoms. The molecule has 0 fully saturated rings. The van der Waals surface area contributed by atoms with E-state index in [9.17, 15) is 4.79 Å². The van der Waals surface area contributed by atoms with Crippen LogP contribution < -0.4 is 5.32 Å². The molecule has 130 valence electrons. The highest BCUT2D eigenvalue weighted by Crippen LogP contribution is 2.30. The Morgan fingerprint density at radius 3 is 2.77 bits per heavy atom. The van der Waals surface area contributed by atoms with Gasteiger partial charge in [0.1, 0.15) is 10.7 Å². The molecule has 0 unspecified atom stereocenters. The van der Waals surface area contributed by atoms with Gasteiger partial charge >= 0.3 is 0 Å². The summed E-state index contributed by atoms with van der Waals surface area (Å²) >= 11 is 6.15. The van der Waals surface area contributed by atoms with E-state index in [0.717, 1.165) is 20.7 Å². The van der Waals surface area contributed by atoms with Crippen molar-refractivity contribution < 1.29 is 4.79 Å². The summed E-state index contributed by atoms with van der Waals surface area (Å²) in [5.74, 6) is 0.585. The van der Waals surface area contributed by atoms with E-state index < -0.39 is 0 Å². The monoisotopic (exact) mass is 416 g/mol. The molecule has 0 atom stereocenters. The van der Waals surface area contributed by atoms with Crippen molar-refractivity contribution in [2.75, 3.05) is 5.32 Å². The van der Waals surface area contributed by atoms with Crippen molar-refractivity contribution in [2.24, 2.45) is 0 Å². The third-order valence-electron chi connectivity index (χ3n) is 3.30. The van der Waals surface area contributed by atoms with Gasteiger partial charge in [-0.1, -0.05) is 59.5 Å². The molecule has 3 heterocycles. The van der Waals surface area contributed by atoms with Crippen LogP contribution in [0.5, 0.6) is 0 Å². The predicted octanol–water partition coefficient (Wildman–Crippen LogP) is 5.27. The fourth-order valence-electron chi connectivity index (χ4n) is 2.10. The zero-order valence-electron chi connectivity index (χ0n) is 13.3. The number of hydrogen-bond acceptors (Lipinski definition) is 8. The number of amides is 1. The third kappa shape index (κ3) is 4.18. The molecule has 1 aromatic carbocycles. The minimum atomic E-state index is -0.269. The maximum Gasteiger partial charge on any atom is 0.276 e. The normalized spacial score (nSPS) is 10.8. The number of thiazole rings is 1. The summed E-state index contributed by atoms with van der Waals surface area (Å²) in [7, 11) is 0. The Morgan fingerprint density at radius 1 is 1.08 bits per heavy atom. The van der Waals surface area contributed by atoms with E-state index in [1.165, 1.54) is 27.6 Å². The van der Waals surface area contributed by atoms with Crippen LogP contribution >= 0.6 is 45.8 Å². The molecule has 0 aliphatic carbocycles. The Hall–Kier alpha value is -2.07. The van der Waals surface area contributed by atoms with Gasteiger partial charge in [-0.2, -0.15) is 0 Å². The first kappa shape index (κ1) is 17.3. The lowest BCUT2D eigenvalue weighted by Crippen LogP contribution is -2.12. The van der Waals surface area contributed by atoms with E-state index >= 15 is 0 Å². The molecule has 9 heteroatoms. The summed E-state index contributed by atoms with van der Waals surface area (Å²) in [4.78, 5) is 18.1. The molecular formula is C17H12N4OS4. The van der Waals surface area contributed by atoms with E-state index in [0.29, 0.717) is 10.8 Å². The van der Waals surface area contributed by atoms with Crippen LogP contribution in [0.1, 0.15) is 15.4 Å². The van der Waals surface area contributed by atoms with Crippen LogP contribution in [0.2, 0.25) is 0 Å². The standard InChI is InChI=1S/C17H12N4OS4/c22-14(13-10-24-15(18-13)11-5-2-1-3-6-11)19-16-20-21-17(26-16)25-9-12-7-4-8-23-12/h1-8,10H,9H2,(H,19,20,22). The number of benzene rings is 1. The highest BCUT2D eigenvalue weighted by molar-refractivity contribution is 8.00. The number of nitrogens with zero attached hydrogens (tertiary/aromatic N) is 3. The second-order valence-corrected chi connectivity index (χ2v) is 9.19. The number of carbonyl (C=O) groups excluding carboxylic acids is 1. The minimum Gasteiger partial charge on any atom is -0.295 e. The molecule has 0 aliphatic heterocycles. The summed E-state index contributed by atoms with van der Waals surface area (Å²) in [5, 5.41) is 16.0. The van der Waals surface area contributed by atoms with Crippen molar-refractivity contribution in [3.8, 4) is 10.6 Å². The molecule has 0 saturated heterocycles. The first-order chi connectivity index (χ1) is 12.8. The topological polar surface area (TPSA) is 67.8 Å². The lowest BCUT2D eigenvalue weighted by Gasteiger charge is -1.97. The van der Waals surface area contributed by atoms with Crippen molar-refractivity contribution >= 4 is 56.8 Å². The molecular weight excluding hydrogens is 404 g/mol. The predicted molar refractivity (Wildman–Crippen MR) is 109 cm³/mol. The molecule has 1 N–H and O–H groups in total. The highest BCUT2D eigenvalue weighted by atomic mass is 32.2. The molecule has 0 radical (unpaired) electrons. The van der Waals surface area contributed by atoms with Crippen LogP contribution in [0.4, 0.5) is 5.13 Å². The Bertz CT molecular complexity index is 995. The van der Waals surface area contributed by atoms with Crippen molar-refractivity contribution in [3.63, 3.8) is 0 Å². The number of anilines is 1. The molecule has 0 saturated carbocycles. The SMILES string of the molecule is O=C(Nc1nnc(SCc2cccs2)s1)c1csc(-c2ccccc2)n1. The maximum atomic E-state index is 12.4. The minimum absolute atomic E-state index is 0.269. The molecule has 0 aliphatic rings. The Labute approximate surface area is 166 Å². The van der Waals surface area contributed by atoms with Crippen LogP contribution in [-0.4, -0.2) is 21.1 Å². The number of hydrogen-bond donors (Lipinski definition) is 1. The molecule has 0 bridgehead atoms. The van der Waals surface area contributed by atoms with Gasteiger partial charge in [-0.25, -0.2) is 4.98 Å². The van der Waals surface area contributed by atoms with Crippen LogP contribution in [0.25, 0.3) is 10.6 Å².